The highest BCUT2D eigenvalue weighted by Gasteiger charge is 2.06. The number of furan rings is 1. The maximum atomic E-state index is 11.1. The topological polar surface area (TPSA) is 79.5 Å². The predicted molar refractivity (Wildman–Crippen MR) is 43.3 cm³/mol. The zero-order valence-corrected chi connectivity index (χ0v) is 6.82. The highest BCUT2D eigenvalue weighted by molar-refractivity contribution is 5.93. The third-order valence-corrected chi connectivity index (χ3v) is 1.41. The van der Waals surface area contributed by atoms with Crippen molar-refractivity contribution < 1.29 is 19.1 Å². The zero-order chi connectivity index (χ0) is 9.68. The molecule has 0 bridgehead atoms. The molecule has 13 heavy (non-hydrogen) atoms. The highest BCUT2D eigenvalue weighted by atomic mass is 16.4. The van der Waals surface area contributed by atoms with E-state index in [9.17, 15) is 9.59 Å². The fourth-order valence-corrected chi connectivity index (χ4v) is 0.779. The summed E-state index contributed by atoms with van der Waals surface area (Å²) in [5, 5.41) is 10.7. The molecule has 0 spiro atoms. The lowest BCUT2D eigenvalue weighted by molar-refractivity contribution is -0.136. The Balaban J connectivity index is 2.31. The minimum Gasteiger partial charge on any atom is -0.481 e. The third-order valence-electron chi connectivity index (χ3n) is 1.41. The van der Waals surface area contributed by atoms with Gasteiger partial charge in [0.15, 0.2) is 0 Å². The van der Waals surface area contributed by atoms with Gasteiger partial charge >= 0.3 is 5.97 Å². The van der Waals surface area contributed by atoms with Crippen molar-refractivity contribution >= 4 is 11.9 Å². The van der Waals surface area contributed by atoms with E-state index in [1.165, 1.54) is 18.6 Å². The summed E-state index contributed by atoms with van der Waals surface area (Å²) in [5.41, 5.74) is 0.394. The van der Waals surface area contributed by atoms with Crippen LogP contribution in [0.15, 0.2) is 23.0 Å². The maximum Gasteiger partial charge on any atom is 0.305 e. The van der Waals surface area contributed by atoms with Gasteiger partial charge in [0, 0.05) is 6.54 Å². The van der Waals surface area contributed by atoms with E-state index in [1.54, 1.807) is 0 Å². The minimum atomic E-state index is -0.938. The summed E-state index contributed by atoms with van der Waals surface area (Å²) in [6, 6.07) is 1.51. The van der Waals surface area contributed by atoms with Crippen LogP contribution in [0.4, 0.5) is 0 Å². The van der Waals surface area contributed by atoms with Crippen LogP contribution >= 0.6 is 0 Å². The summed E-state index contributed by atoms with van der Waals surface area (Å²) in [6.07, 6.45) is 2.60. The van der Waals surface area contributed by atoms with Crippen LogP contribution in [0.3, 0.4) is 0 Å². The molecular formula is C8H9NO4. The summed E-state index contributed by atoms with van der Waals surface area (Å²) >= 11 is 0. The molecule has 0 unspecified atom stereocenters. The molecule has 0 radical (unpaired) electrons. The van der Waals surface area contributed by atoms with E-state index in [-0.39, 0.29) is 18.9 Å². The molecule has 0 atom stereocenters. The summed E-state index contributed by atoms with van der Waals surface area (Å²) in [6.45, 7) is 0.124. The van der Waals surface area contributed by atoms with Gasteiger partial charge in [-0.2, -0.15) is 0 Å². The second kappa shape index (κ2) is 4.30. The van der Waals surface area contributed by atoms with Crippen LogP contribution in [-0.2, 0) is 4.79 Å². The third kappa shape index (κ3) is 2.98. The second-order valence-corrected chi connectivity index (χ2v) is 2.41. The Morgan fingerprint density at radius 3 is 2.85 bits per heavy atom. The molecule has 0 aromatic carbocycles. The van der Waals surface area contributed by atoms with Gasteiger partial charge < -0.3 is 14.8 Å². The number of carbonyl (C=O) groups is 2. The Hall–Kier alpha value is -1.78. The lowest BCUT2D eigenvalue weighted by Crippen LogP contribution is -2.25. The standard InChI is InChI=1S/C8H9NO4/c10-7(11)1-3-9-8(12)6-2-4-13-5-6/h2,4-5H,1,3H2,(H,9,12)(H,10,11). The van der Waals surface area contributed by atoms with E-state index in [0.29, 0.717) is 5.56 Å². The fourth-order valence-electron chi connectivity index (χ4n) is 0.779. The maximum absolute atomic E-state index is 11.1. The summed E-state index contributed by atoms with van der Waals surface area (Å²) in [7, 11) is 0. The van der Waals surface area contributed by atoms with Crippen LogP contribution in [0.25, 0.3) is 0 Å². The Morgan fingerprint density at radius 1 is 1.54 bits per heavy atom. The first-order valence-corrected chi connectivity index (χ1v) is 3.72. The number of carboxylic acid groups (broad SMARTS) is 1. The molecule has 0 aliphatic rings. The molecule has 1 amide bonds. The average molecular weight is 183 g/mol. The van der Waals surface area contributed by atoms with Gasteiger partial charge in [-0.25, -0.2) is 0 Å². The van der Waals surface area contributed by atoms with Crippen molar-refractivity contribution in [2.24, 2.45) is 0 Å². The first kappa shape index (κ1) is 9.31. The number of amides is 1. The van der Waals surface area contributed by atoms with Gasteiger partial charge in [0.2, 0.25) is 0 Å². The minimum absolute atomic E-state index is 0.0798. The molecule has 0 saturated carbocycles. The molecule has 1 heterocycles. The van der Waals surface area contributed by atoms with Gasteiger partial charge in [0.1, 0.15) is 6.26 Å². The van der Waals surface area contributed by atoms with Crippen LogP contribution < -0.4 is 5.32 Å². The highest BCUT2D eigenvalue weighted by Crippen LogP contribution is 1.98. The molecule has 1 rings (SSSR count). The van der Waals surface area contributed by atoms with Crippen molar-refractivity contribution in [1.82, 2.24) is 5.32 Å². The van der Waals surface area contributed by atoms with Crippen molar-refractivity contribution in [1.29, 1.82) is 0 Å². The number of rotatable bonds is 4. The summed E-state index contributed by atoms with van der Waals surface area (Å²) < 4.78 is 4.69. The van der Waals surface area contributed by atoms with Gasteiger partial charge in [-0.05, 0) is 6.07 Å². The van der Waals surface area contributed by atoms with E-state index in [0.717, 1.165) is 0 Å². The van der Waals surface area contributed by atoms with Crippen LogP contribution in [-0.4, -0.2) is 23.5 Å². The van der Waals surface area contributed by atoms with Gasteiger partial charge in [0.25, 0.3) is 5.91 Å². The average Bonchev–Trinajstić information content (AvgIpc) is 2.55. The van der Waals surface area contributed by atoms with Crippen LogP contribution in [0.2, 0.25) is 0 Å². The van der Waals surface area contributed by atoms with Gasteiger partial charge in [0.05, 0.1) is 18.2 Å². The first-order chi connectivity index (χ1) is 6.20. The quantitative estimate of drug-likeness (QED) is 0.711. The Bertz CT molecular complexity index is 291. The van der Waals surface area contributed by atoms with E-state index < -0.39 is 5.97 Å². The molecule has 1 aromatic heterocycles. The SMILES string of the molecule is O=C(O)CCNC(=O)c1ccoc1. The van der Waals surface area contributed by atoms with Crippen LogP contribution in [0.1, 0.15) is 16.8 Å². The number of hydrogen-bond acceptors (Lipinski definition) is 3. The molecule has 0 aliphatic carbocycles. The van der Waals surface area contributed by atoms with E-state index in [4.69, 9.17) is 5.11 Å². The smallest absolute Gasteiger partial charge is 0.305 e. The Kier molecular flexibility index (Phi) is 3.08. The molecule has 2 N–H and O–H groups in total. The molecule has 5 heteroatoms. The van der Waals surface area contributed by atoms with Crippen molar-refractivity contribution in [3.63, 3.8) is 0 Å². The van der Waals surface area contributed by atoms with E-state index in [2.05, 4.69) is 9.73 Å². The van der Waals surface area contributed by atoms with Crippen LogP contribution in [0, 0.1) is 0 Å². The summed E-state index contributed by atoms with van der Waals surface area (Å²) in [5.74, 6) is -1.26. The number of carboxylic acids is 1. The lowest BCUT2D eigenvalue weighted by Gasteiger charge is -1.99. The van der Waals surface area contributed by atoms with Crippen molar-refractivity contribution in [2.45, 2.75) is 6.42 Å². The lowest BCUT2D eigenvalue weighted by atomic mass is 10.3. The molecule has 70 valence electrons. The van der Waals surface area contributed by atoms with Crippen LogP contribution in [0.5, 0.6) is 0 Å². The normalized spacial score (nSPS) is 9.54. The number of nitrogens with one attached hydrogen (secondary N) is 1. The fraction of sp³-hybridized carbons (Fsp3) is 0.250. The van der Waals surface area contributed by atoms with Crippen molar-refractivity contribution in [3.05, 3.63) is 24.2 Å². The van der Waals surface area contributed by atoms with Gasteiger partial charge in [-0.15, -0.1) is 0 Å². The summed E-state index contributed by atoms with van der Waals surface area (Å²) in [4.78, 5) is 21.2. The largest absolute Gasteiger partial charge is 0.481 e. The predicted octanol–water partition coefficient (Wildman–Crippen LogP) is 0.484. The zero-order valence-electron chi connectivity index (χ0n) is 6.82. The molecular weight excluding hydrogens is 174 g/mol. The van der Waals surface area contributed by atoms with E-state index in [1.807, 2.05) is 0 Å². The van der Waals surface area contributed by atoms with E-state index >= 15 is 0 Å². The first-order valence-electron chi connectivity index (χ1n) is 3.72. The molecule has 0 aliphatic heterocycles. The number of carbonyl (C=O) groups excluding carboxylic acids is 1. The molecule has 0 saturated heterocycles. The molecule has 5 nitrogen and oxygen atoms in total. The van der Waals surface area contributed by atoms with Crippen molar-refractivity contribution in [3.8, 4) is 0 Å². The van der Waals surface area contributed by atoms with Gasteiger partial charge in [-0.1, -0.05) is 0 Å². The Morgan fingerprint density at radius 2 is 2.31 bits per heavy atom. The monoisotopic (exact) mass is 183 g/mol. The van der Waals surface area contributed by atoms with Gasteiger partial charge in [-0.3, -0.25) is 9.59 Å². The number of aliphatic carboxylic acids is 1. The Labute approximate surface area is 74.4 Å². The molecule has 1 aromatic rings. The van der Waals surface area contributed by atoms with Crippen molar-refractivity contribution in [2.75, 3.05) is 6.54 Å². The number of hydrogen-bond donors (Lipinski definition) is 2. The molecule has 0 fully saturated rings. The second-order valence-electron chi connectivity index (χ2n) is 2.41.